The highest BCUT2D eigenvalue weighted by molar-refractivity contribution is 5.28. The van der Waals surface area contributed by atoms with Gasteiger partial charge in [-0.15, -0.1) is 0 Å². The Bertz CT molecular complexity index is 332. The van der Waals surface area contributed by atoms with Crippen molar-refractivity contribution in [3.63, 3.8) is 0 Å². The Hall–Kier alpha value is -0.800. The molecule has 0 saturated heterocycles. The fourth-order valence-corrected chi connectivity index (χ4v) is 2.31. The minimum atomic E-state index is -0.809. The summed E-state index contributed by atoms with van der Waals surface area (Å²) in [4.78, 5) is 0. The lowest BCUT2D eigenvalue weighted by atomic mass is 9.82. The number of fused-ring (bicyclic) bond motifs is 1. The number of furan rings is 1. The Kier molecular flexibility index (Phi) is 2.37. The van der Waals surface area contributed by atoms with E-state index in [1.807, 2.05) is 13.0 Å². The van der Waals surface area contributed by atoms with Gasteiger partial charge in [0.05, 0.1) is 0 Å². The zero-order valence-corrected chi connectivity index (χ0v) is 8.55. The summed E-state index contributed by atoms with van der Waals surface area (Å²) in [6, 6.07) is 2.02. The van der Waals surface area contributed by atoms with Crippen molar-refractivity contribution in [3.05, 3.63) is 23.2 Å². The smallest absolute Gasteiger partial charge is 0.138 e. The van der Waals surface area contributed by atoms with Gasteiger partial charge in [-0.3, -0.25) is 0 Å². The van der Waals surface area contributed by atoms with Crippen LogP contribution in [0.2, 0.25) is 0 Å². The van der Waals surface area contributed by atoms with Crippen molar-refractivity contribution < 1.29 is 9.52 Å². The number of aryl methyl sites for hydroxylation is 2. The highest BCUT2D eigenvalue weighted by atomic mass is 16.4. The summed E-state index contributed by atoms with van der Waals surface area (Å²) in [6.45, 7) is 2.41. The molecule has 1 atom stereocenters. The third-order valence-electron chi connectivity index (χ3n) is 2.95. The maximum Gasteiger partial charge on any atom is 0.138 e. The first-order valence-electron chi connectivity index (χ1n) is 5.18. The molecule has 0 bridgehead atoms. The molecule has 1 aromatic heterocycles. The van der Waals surface area contributed by atoms with Crippen molar-refractivity contribution in [1.29, 1.82) is 0 Å². The number of hydrogen-bond donors (Lipinski definition) is 2. The molecule has 0 saturated carbocycles. The molecule has 1 aromatic rings. The van der Waals surface area contributed by atoms with Crippen LogP contribution in [0.25, 0.3) is 0 Å². The van der Waals surface area contributed by atoms with Crippen molar-refractivity contribution in [3.8, 4) is 0 Å². The lowest BCUT2D eigenvalue weighted by Crippen LogP contribution is -2.32. The lowest BCUT2D eigenvalue weighted by molar-refractivity contribution is -0.00923. The summed E-state index contributed by atoms with van der Waals surface area (Å²) in [6.07, 6.45) is 3.39. The first-order chi connectivity index (χ1) is 6.65. The van der Waals surface area contributed by atoms with Gasteiger partial charge in [-0.05, 0) is 50.8 Å². The first kappa shape index (κ1) is 9.74. The molecular weight excluding hydrogens is 178 g/mol. The second-order valence-electron chi connectivity index (χ2n) is 4.14. The van der Waals surface area contributed by atoms with Gasteiger partial charge in [-0.2, -0.15) is 0 Å². The van der Waals surface area contributed by atoms with Crippen LogP contribution in [0.1, 0.15) is 36.3 Å². The molecule has 0 radical (unpaired) electrons. The summed E-state index contributed by atoms with van der Waals surface area (Å²) in [5.74, 6) is 1.64. The van der Waals surface area contributed by atoms with Crippen LogP contribution in [0.5, 0.6) is 0 Å². The van der Waals surface area contributed by atoms with E-state index in [1.54, 1.807) is 0 Å². The van der Waals surface area contributed by atoms with Crippen LogP contribution in [0, 0.1) is 6.92 Å². The molecule has 0 amide bonds. The average molecular weight is 195 g/mol. The number of rotatable bonds is 2. The van der Waals surface area contributed by atoms with E-state index in [0.717, 1.165) is 36.3 Å². The van der Waals surface area contributed by atoms with E-state index in [1.165, 1.54) is 0 Å². The molecule has 0 aromatic carbocycles. The van der Waals surface area contributed by atoms with Gasteiger partial charge >= 0.3 is 0 Å². The van der Waals surface area contributed by atoms with Gasteiger partial charge in [-0.1, -0.05) is 0 Å². The Morgan fingerprint density at radius 3 is 3.14 bits per heavy atom. The molecule has 0 fully saturated rings. The fourth-order valence-electron chi connectivity index (χ4n) is 2.31. The molecule has 3 N–H and O–H groups in total. The van der Waals surface area contributed by atoms with Crippen LogP contribution in [-0.4, -0.2) is 11.7 Å². The van der Waals surface area contributed by atoms with Crippen LogP contribution in [0.3, 0.4) is 0 Å². The summed E-state index contributed by atoms with van der Waals surface area (Å²) in [5.41, 5.74) is 5.86. The van der Waals surface area contributed by atoms with Gasteiger partial charge in [0.1, 0.15) is 17.1 Å². The Morgan fingerprint density at radius 2 is 2.43 bits per heavy atom. The molecule has 0 aliphatic heterocycles. The Morgan fingerprint density at radius 1 is 1.64 bits per heavy atom. The molecule has 2 rings (SSSR count). The highest BCUT2D eigenvalue weighted by Crippen LogP contribution is 2.39. The van der Waals surface area contributed by atoms with Crippen molar-refractivity contribution in [2.75, 3.05) is 6.54 Å². The predicted molar refractivity (Wildman–Crippen MR) is 54.0 cm³/mol. The standard InChI is InChI=1S/C11H17NO2/c1-8-7-9-3-2-4-11(13,5-6-12)10(9)14-8/h7,13H,2-6,12H2,1H3. The average Bonchev–Trinajstić information content (AvgIpc) is 2.48. The summed E-state index contributed by atoms with van der Waals surface area (Å²) in [5, 5.41) is 10.4. The van der Waals surface area contributed by atoms with Crippen molar-refractivity contribution in [2.24, 2.45) is 5.73 Å². The Labute approximate surface area is 83.9 Å². The topological polar surface area (TPSA) is 59.4 Å². The number of hydrogen-bond acceptors (Lipinski definition) is 3. The van der Waals surface area contributed by atoms with E-state index in [-0.39, 0.29) is 0 Å². The van der Waals surface area contributed by atoms with Crippen LogP contribution in [-0.2, 0) is 12.0 Å². The number of nitrogens with two attached hydrogens (primary N) is 1. The second-order valence-corrected chi connectivity index (χ2v) is 4.14. The van der Waals surface area contributed by atoms with Crippen LogP contribution >= 0.6 is 0 Å². The van der Waals surface area contributed by atoms with Crippen molar-refractivity contribution >= 4 is 0 Å². The van der Waals surface area contributed by atoms with E-state index in [4.69, 9.17) is 10.2 Å². The van der Waals surface area contributed by atoms with Gasteiger partial charge in [0, 0.05) is 0 Å². The van der Waals surface area contributed by atoms with E-state index < -0.39 is 5.60 Å². The molecule has 14 heavy (non-hydrogen) atoms. The van der Waals surface area contributed by atoms with Crippen LogP contribution in [0.15, 0.2) is 10.5 Å². The summed E-state index contributed by atoms with van der Waals surface area (Å²) < 4.78 is 5.57. The minimum absolute atomic E-state index is 0.496. The van der Waals surface area contributed by atoms with Crippen LogP contribution in [0.4, 0.5) is 0 Å². The van der Waals surface area contributed by atoms with E-state index in [2.05, 4.69) is 0 Å². The quantitative estimate of drug-likeness (QED) is 0.751. The normalized spacial score (nSPS) is 26.2. The lowest BCUT2D eigenvalue weighted by Gasteiger charge is -2.30. The molecule has 1 aliphatic carbocycles. The molecule has 1 unspecified atom stereocenters. The summed E-state index contributed by atoms with van der Waals surface area (Å²) in [7, 11) is 0. The number of aliphatic hydroxyl groups is 1. The molecule has 1 aliphatic rings. The molecule has 78 valence electrons. The third kappa shape index (κ3) is 1.47. The molecule has 3 nitrogen and oxygen atoms in total. The van der Waals surface area contributed by atoms with Gasteiger partial charge in [0.15, 0.2) is 0 Å². The maximum absolute atomic E-state index is 10.4. The summed E-state index contributed by atoms with van der Waals surface area (Å²) >= 11 is 0. The van der Waals surface area contributed by atoms with Crippen molar-refractivity contribution in [2.45, 2.75) is 38.2 Å². The van der Waals surface area contributed by atoms with E-state index >= 15 is 0 Å². The molecule has 1 heterocycles. The molecule has 3 heteroatoms. The zero-order valence-electron chi connectivity index (χ0n) is 8.55. The van der Waals surface area contributed by atoms with Crippen molar-refractivity contribution in [1.82, 2.24) is 0 Å². The predicted octanol–water partition coefficient (Wildman–Crippen LogP) is 1.46. The monoisotopic (exact) mass is 195 g/mol. The Balaban J connectivity index is 2.38. The largest absolute Gasteiger partial charge is 0.463 e. The van der Waals surface area contributed by atoms with Gasteiger partial charge in [0.2, 0.25) is 0 Å². The van der Waals surface area contributed by atoms with Gasteiger partial charge in [0.25, 0.3) is 0 Å². The van der Waals surface area contributed by atoms with Crippen LogP contribution < -0.4 is 5.73 Å². The van der Waals surface area contributed by atoms with Gasteiger partial charge < -0.3 is 15.3 Å². The first-order valence-corrected chi connectivity index (χ1v) is 5.18. The third-order valence-corrected chi connectivity index (χ3v) is 2.95. The highest BCUT2D eigenvalue weighted by Gasteiger charge is 2.37. The maximum atomic E-state index is 10.4. The van der Waals surface area contributed by atoms with Gasteiger partial charge in [-0.25, -0.2) is 0 Å². The SMILES string of the molecule is Cc1cc2c(o1)C(O)(CCN)CCC2. The molecule has 0 spiro atoms. The molecular formula is C11H17NO2. The zero-order chi connectivity index (χ0) is 10.2. The van der Waals surface area contributed by atoms with E-state index in [9.17, 15) is 5.11 Å². The minimum Gasteiger partial charge on any atom is -0.463 e. The fraction of sp³-hybridized carbons (Fsp3) is 0.636. The van der Waals surface area contributed by atoms with E-state index in [0.29, 0.717) is 13.0 Å². The second kappa shape index (κ2) is 3.41.